The first-order valence-corrected chi connectivity index (χ1v) is 17.1. The molecule has 2 amide bonds. The fraction of sp³-hybridized carbons (Fsp3) is 0.514. The number of nitrogens with zero attached hydrogens (tertiary/aromatic N) is 2. The fourth-order valence-electron chi connectivity index (χ4n) is 7.76. The number of benzene rings is 2. The lowest BCUT2D eigenvalue weighted by Gasteiger charge is -2.47. The zero-order chi connectivity index (χ0) is 31.9. The number of aromatic amines is 1. The van der Waals surface area contributed by atoms with Gasteiger partial charge in [0, 0.05) is 42.7 Å². The molecule has 3 fully saturated rings. The number of hydrogen-bond donors (Lipinski definition) is 3. The molecule has 4 aliphatic rings. The molecule has 0 radical (unpaired) electrons. The van der Waals surface area contributed by atoms with Gasteiger partial charge in [-0.2, -0.15) is 0 Å². The van der Waals surface area contributed by atoms with Crippen LogP contribution in [0.2, 0.25) is 0 Å². The van der Waals surface area contributed by atoms with Gasteiger partial charge in [-0.25, -0.2) is 0 Å². The first-order valence-electron chi connectivity index (χ1n) is 16.7. The SMILES string of the molecule is Cc1cc(C)cc(-c2[nH]c3ccc(C(C)(C)C(=O)N4CC5CCC4CC5)cc3c2[C@H](C)CNCCCN2CNC(Cl)=CC2=O)c1. The van der Waals surface area contributed by atoms with Crippen molar-refractivity contribution in [2.45, 2.75) is 84.1 Å². The minimum absolute atomic E-state index is 0.0472. The van der Waals surface area contributed by atoms with E-state index in [1.54, 1.807) is 4.90 Å². The van der Waals surface area contributed by atoms with E-state index in [-0.39, 0.29) is 17.7 Å². The van der Waals surface area contributed by atoms with Gasteiger partial charge < -0.3 is 25.4 Å². The van der Waals surface area contributed by atoms with Gasteiger partial charge in [0.15, 0.2) is 0 Å². The summed E-state index contributed by atoms with van der Waals surface area (Å²) in [4.78, 5) is 34.1. The lowest BCUT2D eigenvalue weighted by Crippen LogP contribution is -2.55. The van der Waals surface area contributed by atoms with E-state index in [1.807, 2.05) is 0 Å². The number of halogens is 1. The van der Waals surface area contributed by atoms with Crippen LogP contribution in [0.3, 0.4) is 0 Å². The molecule has 2 saturated heterocycles. The Hall–Kier alpha value is -3.29. The highest BCUT2D eigenvalue weighted by Gasteiger charge is 2.42. The molecule has 7 rings (SSSR count). The summed E-state index contributed by atoms with van der Waals surface area (Å²) in [5.41, 5.74) is 7.65. The third-order valence-electron chi connectivity index (χ3n) is 10.3. The van der Waals surface area contributed by atoms with Crippen LogP contribution in [0.15, 0.2) is 47.6 Å². The van der Waals surface area contributed by atoms with E-state index in [0.717, 1.165) is 55.7 Å². The van der Waals surface area contributed by atoms with Gasteiger partial charge in [-0.1, -0.05) is 41.8 Å². The van der Waals surface area contributed by atoms with Gasteiger partial charge in [-0.05, 0) is 119 Å². The normalized spacial score (nSPS) is 20.8. The molecule has 1 aromatic heterocycles. The Balaban J connectivity index is 1.25. The van der Waals surface area contributed by atoms with Gasteiger partial charge in [-0.3, -0.25) is 9.59 Å². The van der Waals surface area contributed by atoms with E-state index in [0.29, 0.717) is 30.3 Å². The first-order chi connectivity index (χ1) is 21.5. The Labute approximate surface area is 272 Å². The van der Waals surface area contributed by atoms with Gasteiger partial charge in [0.2, 0.25) is 5.91 Å². The van der Waals surface area contributed by atoms with Crippen LogP contribution in [0.4, 0.5) is 0 Å². The number of carbonyl (C=O) groups excluding carboxylic acids is 2. The van der Waals surface area contributed by atoms with E-state index in [2.05, 4.69) is 91.5 Å². The van der Waals surface area contributed by atoms with Crippen LogP contribution in [-0.4, -0.2) is 65.5 Å². The van der Waals surface area contributed by atoms with Crippen LogP contribution in [0, 0.1) is 19.8 Å². The smallest absolute Gasteiger partial charge is 0.250 e. The molecular weight excluding hydrogens is 582 g/mol. The highest BCUT2D eigenvalue weighted by atomic mass is 35.5. The van der Waals surface area contributed by atoms with Crippen molar-refractivity contribution < 1.29 is 9.59 Å². The van der Waals surface area contributed by atoms with Crippen molar-refractivity contribution >= 4 is 34.3 Å². The average Bonchev–Trinajstić information content (AvgIpc) is 3.40. The monoisotopic (exact) mass is 629 g/mol. The van der Waals surface area contributed by atoms with Crippen molar-refractivity contribution in [3.05, 3.63) is 69.9 Å². The lowest BCUT2D eigenvalue weighted by molar-refractivity contribution is -0.144. The summed E-state index contributed by atoms with van der Waals surface area (Å²) in [6.07, 6.45) is 7.11. The van der Waals surface area contributed by atoms with Crippen LogP contribution >= 0.6 is 11.6 Å². The van der Waals surface area contributed by atoms with Crippen molar-refractivity contribution in [2.75, 3.05) is 32.8 Å². The summed E-state index contributed by atoms with van der Waals surface area (Å²) < 4.78 is 0. The number of aryl methyl sites for hydroxylation is 2. The summed E-state index contributed by atoms with van der Waals surface area (Å²) in [5, 5.41) is 8.25. The Morgan fingerprint density at radius 2 is 1.82 bits per heavy atom. The number of amides is 2. The van der Waals surface area contributed by atoms with E-state index < -0.39 is 5.41 Å². The van der Waals surface area contributed by atoms with E-state index >= 15 is 0 Å². The number of aromatic nitrogens is 1. The highest BCUT2D eigenvalue weighted by Crippen LogP contribution is 2.41. The number of carbonyl (C=O) groups is 2. The minimum atomic E-state index is -0.609. The second-order valence-electron chi connectivity index (χ2n) is 14.2. The molecule has 3 N–H and O–H groups in total. The van der Waals surface area contributed by atoms with E-state index in [4.69, 9.17) is 11.6 Å². The van der Waals surface area contributed by atoms with Crippen LogP contribution in [0.25, 0.3) is 22.2 Å². The Bertz CT molecular complexity index is 1600. The van der Waals surface area contributed by atoms with E-state index in [9.17, 15) is 9.59 Å². The van der Waals surface area contributed by atoms with Gasteiger partial charge in [0.25, 0.3) is 5.91 Å². The molecule has 0 unspecified atom stereocenters. The Morgan fingerprint density at radius 3 is 2.49 bits per heavy atom. The number of H-pyrrole nitrogens is 1. The van der Waals surface area contributed by atoms with Crippen LogP contribution in [0.5, 0.6) is 0 Å². The Morgan fingerprint density at radius 1 is 1.09 bits per heavy atom. The number of rotatable bonds is 10. The quantitative estimate of drug-likeness (QED) is 0.173. The molecule has 4 heterocycles. The lowest BCUT2D eigenvalue weighted by atomic mass is 9.76. The van der Waals surface area contributed by atoms with Crippen molar-refractivity contribution in [1.82, 2.24) is 25.4 Å². The molecule has 1 atom stereocenters. The molecule has 3 aromatic rings. The van der Waals surface area contributed by atoms with Crippen molar-refractivity contribution in [1.29, 1.82) is 0 Å². The third-order valence-corrected chi connectivity index (χ3v) is 10.5. The van der Waals surface area contributed by atoms with Crippen molar-refractivity contribution in [3.8, 4) is 11.3 Å². The molecule has 3 aliphatic heterocycles. The third kappa shape index (κ3) is 6.52. The first kappa shape index (κ1) is 31.7. The molecule has 8 heteroatoms. The number of piperidine rings is 2. The van der Waals surface area contributed by atoms with Crippen LogP contribution in [-0.2, 0) is 15.0 Å². The molecule has 1 aliphatic carbocycles. The maximum absolute atomic E-state index is 14.1. The van der Waals surface area contributed by atoms with Gasteiger partial charge in [0.05, 0.1) is 17.8 Å². The molecule has 45 heavy (non-hydrogen) atoms. The fourth-order valence-corrected chi connectivity index (χ4v) is 7.92. The van der Waals surface area contributed by atoms with Crippen LogP contribution < -0.4 is 10.6 Å². The van der Waals surface area contributed by atoms with Crippen molar-refractivity contribution in [2.24, 2.45) is 5.92 Å². The summed E-state index contributed by atoms with van der Waals surface area (Å²) in [6.45, 7) is 14.4. The highest BCUT2D eigenvalue weighted by molar-refractivity contribution is 6.30. The van der Waals surface area contributed by atoms with Gasteiger partial charge in [0.1, 0.15) is 5.16 Å². The predicted octanol–water partition coefficient (Wildman–Crippen LogP) is 6.68. The number of nitrogens with one attached hydrogen (secondary N) is 3. The predicted molar refractivity (Wildman–Crippen MR) is 183 cm³/mol. The maximum atomic E-state index is 14.1. The second kappa shape index (κ2) is 12.8. The molecular formula is C37H48ClN5O2. The molecule has 1 saturated carbocycles. The summed E-state index contributed by atoms with van der Waals surface area (Å²) in [5.74, 6) is 1.09. The average molecular weight is 630 g/mol. The molecule has 2 aromatic carbocycles. The topological polar surface area (TPSA) is 80.5 Å². The standard InChI is InChI=1S/C37H48ClN5O2/c1-23-15-24(2)17-27(16-23)35-34(25(3)20-39-13-6-14-42-22-40-32(38)19-33(42)44)30-18-28(9-12-31(30)41-35)37(4,5)36(45)43-21-26-7-10-29(43)11-8-26/h9,12,15-19,25-26,29,39-41H,6-8,10-11,13-14,20-22H2,1-5H3/t25-,26?,29?/m1/s1. The van der Waals surface area contributed by atoms with E-state index in [1.165, 1.54) is 46.6 Å². The maximum Gasteiger partial charge on any atom is 0.250 e. The van der Waals surface area contributed by atoms with Gasteiger partial charge >= 0.3 is 0 Å². The van der Waals surface area contributed by atoms with Crippen molar-refractivity contribution in [3.63, 3.8) is 0 Å². The largest absolute Gasteiger partial charge is 0.358 e. The summed E-state index contributed by atoms with van der Waals surface area (Å²) in [6, 6.07) is 13.7. The molecule has 7 nitrogen and oxygen atoms in total. The summed E-state index contributed by atoms with van der Waals surface area (Å²) in [7, 11) is 0. The zero-order valence-corrected chi connectivity index (χ0v) is 28.2. The summed E-state index contributed by atoms with van der Waals surface area (Å²) >= 11 is 5.93. The number of fused-ring (bicyclic) bond motifs is 4. The molecule has 0 spiro atoms. The Kier molecular flexibility index (Phi) is 9.04. The van der Waals surface area contributed by atoms with Crippen LogP contribution in [0.1, 0.15) is 81.0 Å². The molecule has 2 bridgehead atoms. The molecule has 240 valence electrons. The minimum Gasteiger partial charge on any atom is -0.358 e. The van der Waals surface area contributed by atoms with Gasteiger partial charge in [-0.15, -0.1) is 0 Å². The second-order valence-corrected chi connectivity index (χ2v) is 14.6. The number of hydrogen-bond acceptors (Lipinski definition) is 4. The zero-order valence-electron chi connectivity index (χ0n) is 27.4.